The highest BCUT2D eigenvalue weighted by atomic mass is 19.4. The van der Waals surface area contributed by atoms with Gasteiger partial charge >= 0.3 is 6.18 Å². The lowest BCUT2D eigenvalue weighted by Crippen LogP contribution is -2.53. The minimum absolute atomic E-state index is 0.0216. The van der Waals surface area contributed by atoms with Gasteiger partial charge in [0, 0.05) is 34.3 Å². The van der Waals surface area contributed by atoms with Crippen molar-refractivity contribution in [3.05, 3.63) is 64.9 Å². The second-order valence-electron chi connectivity index (χ2n) is 9.43. The topological polar surface area (TPSA) is 54.4 Å². The fourth-order valence-electron chi connectivity index (χ4n) is 4.54. The highest BCUT2D eigenvalue weighted by Gasteiger charge is 2.56. The molecular weight excluding hydrogens is 455 g/mol. The molecule has 1 atom stereocenters. The van der Waals surface area contributed by atoms with E-state index < -0.39 is 41.8 Å². The molecule has 9 heteroatoms. The molecule has 1 aromatic heterocycles. The summed E-state index contributed by atoms with van der Waals surface area (Å²) in [6.07, 6.45) is -5.29. The molecule has 0 aliphatic carbocycles. The molecule has 1 aliphatic rings. The summed E-state index contributed by atoms with van der Waals surface area (Å²) in [5.74, 6) is -0.798. The summed E-state index contributed by atoms with van der Waals surface area (Å²) < 4.78 is 76.5. The minimum Gasteiger partial charge on any atom is -0.493 e. The first kappa shape index (κ1) is 24.2. The zero-order valence-electron chi connectivity index (χ0n) is 19.0. The summed E-state index contributed by atoms with van der Waals surface area (Å²) in [6, 6.07) is 8.08. The molecular formula is C25H25F5N2O2. The van der Waals surface area contributed by atoms with Gasteiger partial charge in [-0.25, -0.2) is 13.8 Å². The molecule has 2 heterocycles. The third-order valence-electron chi connectivity index (χ3n) is 6.26. The first-order valence-corrected chi connectivity index (χ1v) is 10.9. The zero-order chi connectivity index (χ0) is 24.9. The van der Waals surface area contributed by atoms with Crippen molar-refractivity contribution >= 4 is 16.6 Å². The molecule has 182 valence electrons. The maximum atomic E-state index is 14.2. The Morgan fingerprint density at radius 2 is 1.82 bits per heavy atom. The third kappa shape index (κ3) is 4.41. The van der Waals surface area contributed by atoms with Crippen LogP contribution in [-0.2, 0) is 11.8 Å². The summed E-state index contributed by atoms with van der Waals surface area (Å²) in [6.45, 7) is 4.13. The van der Waals surface area contributed by atoms with E-state index in [2.05, 4.69) is 10.3 Å². The second-order valence-corrected chi connectivity index (χ2v) is 9.43. The van der Waals surface area contributed by atoms with E-state index in [9.17, 15) is 27.1 Å². The van der Waals surface area contributed by atoms with Gasteiger partial charge in [0.15, 0.2) is 5.60 Å². The van der Waals surface area contributed by atoms with Gasteiger partial charge in [0.2, 0.25) is 0 Å². The Kier molecular flexibility index (Phi) is 5.96. The number of alkyl halides is 3. The lowest BCUT2D eigenvalue weighted by Gasteiger charge is -2.38. The Balaban J connectivity index is 1.67. The molecule has 34 heavy (non-hydrogen) atoms. The molecule has 0 saturated heterocycles. The molecule has 0 bridgehead atoms. The molecule has 3 aromatic rings. The molecule has 1 unspecified atom stereocenters. The van der Waals surface area contributed by atoms with Crippen LogP contribution in [0, 0.1) is 18.6 Å². The van der Waals surface area contributed by atoms with E-state index in [1.54, 1.807) is 19.1 Å². The van der Waals surface area contributed by atoms with Crippen LogP contribution in [0.3, 0.4) is 0 Å². The third-order valence-corrected chi connectivity index (χ3v) is 6.26. The summed E-state index contributed by atoms with van der Waals surface area (Å²) in [5, 5.41) is 13.8. The van der Waals surface area contributed by atoms with Crippen molar-refractivity contribution in [2.75, 3.05) is 18.5 Å². The van der Waals surface area contributed by atoms with Gasteiger partial charge in [0.05, 0.1) is 13.2 Å². The highest BCUT2D eigenvalue weighted by Crippen LogP contribution is 2.46. The van der Waals surface area contributed by atoms with Gasteiger partial charge in [-0.1, -0.05) is 13.8 Å². The minimum atomic E-state index is -5.00. The normalized spacial score (nSPS) is 15.7. The summed E-state index contributed by atoms with van der Waals surface area (Å²) in [4.78, 5) is 4.12. The predicted octanol–water partition coefficient (Wildman–Crippen LogP) is 5.83. The van der Waals surface area contributed by atoms with Crippen LogP contribution in [0.1, 0.15) is 37.1 Å². The van der Waals surface area contributed by atoms with Gasteiger partial charge in [0.25, 0.3) is 0 Å². The maximum absolute atomic E-state index is 14.2. The molecule has 4 rings (SSSR count). The quantitative estimate of drug-likeness (QED) is 0.436. The maximum Gasteiger partial charge on any atom is 0.418 e. The van der Waals surface area contributed by atoms with E-state index in [1.165, 1.54) is 26.0 Å². The van der Waals surface area contributed by atoms with Gasteiger partial charge in [-0.2, -0.15) is 13.2 Å². The van der Waals surface area contributed by atoms with E-state index in [0.29, 0.717) is 35.4 Å². The molecule has 0 saturated carbocycles. The number of nitrogens with one attached hydrogen (secondary N) is 1. The number of anilines is 1. The number of rotatable bonds is 6. The van der Waals surface area contributed by atoms with Crippen LogP contribution in [0.2, 0.25) is 0 Å². The molecule has 4 nitrogen and oxygen atoms in total. The van der Waals surface area contributed by atoms with Crippen LogP contribution in [0.5, 0.6) is 5.75 Å². The number of nitrogens with zero attached hydrogens (tertiary/aromatic N) is 1. The van der Waals surface area contributed by atoms with Crippen molar-refractivity contribution in [1.82, 2.24) is 4.98 Å². The SMILES string of the molecule is Cc1ccc2c(NCC(O)(CC(C)(C)c3cc(F)cc4c3OCC4)C(F)(F)F)ccc(F)c2n1. The molecule has 2 N–H and O–H groups in total. The Hall–Kier alpha value is -2.94. The van der Waals surface area contributed by atoms with Crippen molar-refractivity contribution in [2.45, 2.75) is 50.8 Å². The van der Waals surface area contributed by atoms with Crippen LogP contribution < -0.4 is 10.1 Å². The number of aryl methyl sites for hydroxylation is 1. The number of hydrogen-bond donors (Lipinski definition) is 2. The van der Waals surface area contributed by atoms with Crippen LogP contribution in [-0.4, -0.2) is 35.0 Å². The van der Waals surface area contributed by atoms with Crippen molar-refractivity contribution in [2.24, 2.45) is 0 Å². The molecule has 0 amide bonds. The number of benzene rings is 2. The van der Waals surface area contributed by atoms with E-state index in [4.69, 9.17) is 4.74 Å². The molecule has 1 aliphatic heterocycles. The lowest BCUT2D eigenvalue weighted by atomic mass is 9.74. The van der Waals surface area contributed by atoms with Crippen molar-refractivity contribution < 1.29 is 31.8 Å². The number of aliphatic hydroxyl groups is 1. The Labute approximate surface area is 193 Å². The monoisotopic (exact) mass is 480 g/mol. The number of ether oxygens (including phenoxy) is 1. The van der Waals surface area contributed by atoms with Crippen molar-refractivity contribution in [3.8, 4) is 5.75 Å². The van der Waals surface area contributed by atoms with Crippen molar-refractivity contribution in [3.63, 3.8) is 0 Å². The fraction of sp³-hybridized carbons (Fsp3) is 0.400. The van der Waals surface area contributed by atoms with E-state index in [0.717, 1.165) is 12.1 Å². The van der Waals surface area contributed by atoms with E-state index in [1.807, 2.05) is 0 Å². The number of aromatic nitrogens is 1. The smallest absolute Gasteiger partial charge is 0.418 e. The van der Waals surface area contributed by atoms with E-state index >= 15 is 0 Å². The van der Waals surface area contributed by atoms with Gasteiger partial charge in [-0.05, 0) is 55.2 Å². The first-order valence-electron chi connectivity index (χ1n) is 10.9. The van der Waals surface area contributed by atoms with Gasteiger partial charge < -0.3 is 15.2 Å². The zero-order valence-corrected chi connectivity index (χ0v) is 19.0. The summed E-state index contributed by atoms with van der Waals surface area (Å²) in [7, 11) is 0. The molecule has 0 fully saturated rings. The predicted molar refractivity (Wildman–Crippen MR) is 119 cm³/mol. The standard InChI is InChI=1S/C25H25F5N2O2/c1-14-4-5-17-20(7-6-19(27)21(17)32-14)31-13-24(33,25(28,29)30)12-23(2,3)18-11-16(26)10-15-8-9-34-22(15)18/h4-7,10-11,31,33H,8-9,12-13H2,1-3H3. The average Bonchev–Trinajstić information content (AvgIpc) is 3.20. The van der Waals surface area contributed by atoms with Gasteiger partial charge in [-0.3, -0.25) is 0 Å². The van der Waals surface area contributed by atoms with Crippen LogP contribution in [0.25, 0.3) is 10.9 Å². The number of pyridine rings is 1. The number of halogens is 5. The summed E-state index contributed by atoms with van der Waals surface area (Å²) in [5.41, 5.74) is -2.80. The lowest BCUT2D eigenvalue weighted by molar-refractivity contribution is -0.260. The number of fused-ring (bicyclic) bond motifs is 2. The van der Waals surface area contributed by atoms with Crippen LogP contribution in [0.4, 0.5) is 27.6 Å². The van der Waals surface area contributed by atoms with Gasteiger partial charge in [-0.15, -0.1) is 0 Å². The first-order chi connectivity index (χ1) is 15.8. The largest absolute Gasteiger partial charge is 0.493 e. The summed E-state index contributed by atoms with van der Waals surface area (Å²) >= 11 is 0. The second kappa shape index (κ2) is 8.37. The van der Waals surface area contributed by atoms with Crippen LogP contribution in [0.15, 0.2) is 36.4 Å². The number of hydrogen-bond acceptors (Lipinski definition) is 4. The van der Waals surface area contributed by atoms with Crippen LogP contribution >= 0.6 is 0 Å². The average molecular weight is 480 g/mol. The Bertz CT molecular complexity index is 1240. The Morgan fingerprint density at radius 3 is 2.53 bits per heavy atom. The molecule has 0 spiro atoms. The molecule has 0 radical (unpaired) electrons. The van der Waals surface area contributed by atoms with Crippen molar-refractivity contribution in [1.29, 1.82) is 0 Å². The van der Waals surface area contributed by atoms with E-state index in [-0.39, 0.29) is 16.8 Å². The Morgan fingerprint density at radius 1 is 1.09 bits per heavy atom. The van der Waals surface area contributed by atoms with Gasteiger partial charge in [0.1, 0.15) is 22.9 Å². The molecule has 2 aromatic carbocycles. The highest BCUT2D eigenvalue weighted by molar-refractivity contribution is 5.91. The fourth-order valence-corrected chi connectivity index (χ4v) is 4.54.